The summed E-state index contributed by atoms with van der Waals surface area (Å²) >= 11 is 5.99. The lowest BCUT2D eigenvalue weighted by molar-refractivity contribution is -0.123. The summed E-state index contributed by atoms with van der Waals surface area (Å²) < 4.78 is 5.37. The molecule has 1 unspecified atom stereocenters. The Bertz CT molecular complexity index is 919. The van der Waals surface area contributed by atoms with E-state index in [9.17, 15) is 14.4 Å². The minimum absolute atomic E-state index is 0.112. The van der Waals surface area contributed by atoms with Gasteiger partial charge in [0, 0.05) is 12.1 Å². The molecule has 1 fully saturated rings. The second-order valence-electron chi connectivity index (χ2n) is 6.05. The molecule has 7 nitrogen and oxygen atoms in total. The quantitative estimate of drug-likeness (QED) is 0.679. The van der Waals surface area contributed by atoms with Crippen LogP contribution < -0.4 is 20.3 Å². The fraction of sp³-hybridized carbons (Fsp3) is 0.200. The molecule has 3 amide bonds. The van der Waals surface area contributed by atoms with E-state index in [0.717, 1.165) is 22.4 Å². The number of carbonyl (C=O) groups excluding carboxylic acids is 3. The second kappa shape index (κ2) is 9.53. The van der Waals surface area contributed by atoms with Gasteiger partial charge < -0.3 is 15.4 Å². The Morgan fingerprint density at radius 3 is 2.48 bits per heavy atom. The monoisotopic (exact) mass is 429 g/mol. The number of hydrogen-bond donors (Lipinski definition) is 2. The molecule has 0 radical (unpaired) electrons. The summed E-state index contributed by atoms with van der Waals surface area (Å²) in [6.45, 7) is 2.47. The molecule has 2 N–H and O–H groups in total. The number of ether oxygens (including phenoxy) is 1. The SMILES string of the molecule is CCOc1ccc(NC(=S)NC(=O)CC2SC(=O)N(c3ccccc3)C2=O)cc1. The van der Waals surface area contributed by atoms with Crippen molar-refractivity contribution in [2.45, 2.75) is 18.6 Å². The minimum Gasteiger partial charge on any atom is -0.494 e. The molecule has 150 valence electrons. The zero-order chi connectivity index (χ0) is 20.8. The predicted molar refractivity (Wildman–Crippen MR) is 117 cm³/mol. The summed E-state index contributed by atoms with van der Waals surface area (Å²) in [7, 11) is 0. The third-order valence-corrected chi connectivity index (χ3v) is 5.22. The van der Waals surface area contributed by atoms with Crippen molar-refractivity contribution in [1.82, 2.24) is 5.32 Å². The number of hydrogen-bond acceptors (Lipinski definition) is 6. The Morgan fingerprint density at radius 1 is 1.14 bits per heavy atom. The van der Waals surface area contributed by atoms with Crippen LogP contribution in [0.4, 0.5) is 16.2 Å². The van der Waals surface area contributed by atoms with Gasteiger partial charge in [0.2, 0.25) is 11.8 Å². The Morgan fingerprint density at radius 2 is 1.83 bits per heavy atom. The van der Waals surface area contributed by atoms with Gasteiger partial charge in [0.05, 0.1) is 12.3 Å². The van der Waals surface area contributed by atoms with E-state index in [1.54, 1.807) is 54.6 Å². The van der Waals surface area contributed by atoms with E-state index in [2.05, 4.69) is 10.6 Å². The Kier molecular flexibility index (Phi) is 6.84. The van der Waals surface area contributed by atoms with E-state index in [4.69, 9.17) is 17.0 Å². The van der Waals surface area contributed by atoms with Gasteiger partial charge in [0.1, 0.15) is 11.0 Å². The van der Waals surface area contributed by atoms with Gasteiger partial charge in [-0.2, -0.15) is 0 Å². The molecule has 1 atom stereocenters. The summed E-state index contributed by atoms with van der Waals surface area (Å²) in [5.74, 6) is -0.119. The van der Waals surface area contributed by atoms with Crippen molar-refractivity contribution in [3.05, 3.63) is 54.6 Å². The third kappa shape index (κ3) is 5.33. The van der Waals surface area contributed by atoms with Crippen LogP contribution in [0.25, 0.3) is 0 Å². The molecule has 0 saturated carbocycles. The maximum Gasteiger partial charge on any atom is 0.293 e. The van der Waals surface area contributed by atoms with Crippen LogP contribution in [0, 0.1) is 0 Å². The number of anilines is 2. The van der Waals surface area contributed by atoms with Gasteiger partial charge in [-0.25, -0.2) is 4.90 Å². The van der Waals surface area contributed by atoms with Crippen LogP contribution in [0.5, 0.6) is 5.75 Å². The smallest absolute Gasteiger partial charge is 0.293 e. The van der Waals surface area contributed by atoms with Gasteiger partial charge in [-0.3, -0.25) is 14.4 Å². The number of rotatable bonds is 6. The van der Waals surface area contributed by atoms with E-state index in [0.29, 0.717) is 18.0 Å². The van der Waals surface area contributed by atoms with Crippen molar-refractivity contribution in [2.24, 2.45) is 0 Å². The Balaban J connectivity index is 1.53. The highest BCUT2D eigenvalue weighted by atomic mass is 32.2. The van der Waals surface area contributed by atoms with Crippen LogP contribution in [0.15, 0.2) is 54.6 Å². The number of thiocarbonyl (C=S) groups is 1. The molecule has 2 aromatic rings. The molecule has 9 heteroatoms. The van der Waals surface area contributed by atoms with E-state index in [1.807, 2.05) is 6.92 Å². The largest absolute Gasteiger partial charge is 0.494 e. The number of nitrogens with one attached hydrogen (secondary N) is 2. The molecule has 1 aliphatic heterocycles. The van der Waals surface area contributed by atoms with Gasteiger partial charge >= 0.3 is 0 Å². The maximum atomic E-state index is 12.6. The molecule has 2 aromatic carbocycles. The van der Waals surface area contributed by atoms with E-state index >= 15 is 0 Å². The first kappa shape index (κ1) is 20.8. The standard InChI is InChI=1S/C20H19N3O4S2/c1-2-27-15-10-8-13(9-11-15)21-19(28)22-17(24)12-16-18(25)23(20(26)29-16)14-6-4-3-5-7-14/h3-11,16H,2,12H2,1H3,(H2,21,22,24,28). The van der Waals surface area contributed by atoms with Crippen molar-refractivity contribution >= 4 is 57.5 Å². The molecule has 0 aliphatic carbocycles. The number of amides is 3. The Hall–Kier alpha value is -2.91. The fourth-order valence-corrected chi connectivity index (χ4v) is 3.92. The lowest BCUT2D eigenvalue weighted by Gasteiger charge is -2.14. The van der Waals surface area contributed by atoms with Crippen LogP contribution in [0.2, 0.25) is 0 Å². The zero-order valence-corrected chi connectivity index (χ0v) is 17.2. The van der Waals surface area contributed by atoms with Gasteiger partial charge in [-0.15, -0.1) is 0 Å². The van der Waals surface area contributed by atoms with Crippen molar-refractivity contribution in [3.8, 4) is 5.75 Å². The molecule has 0 spiro atoms. The molecular formula is C20H19N3O4S2. The van der Waals surface area contributed by atoms with Crippen LogP contribution in [-0.2, 0) is 9.59 Å². The maximum absolute atomic E-state index is 12.6. The molecule has 0 aromatic heterocycles. The van der Waals surface area contributed by atoms with Crippen molar-refractivity contribution in [1.29, 1.82) is 0 Å². The number of benzene rings is 2. The fourth-order valence-electron chi connectivity index (χ4n) is 2.71. The molecule has 1 heterocycles. The average Bonchev–Trinajstić information content (AvgIpc) is 2.97. The minimum atomic E-state index is -0.781. The molecular weight excluding hydrogens is 410 g/mol. The average molecular weight is 430 g/mol. The molecule has 1 aliphatic rings. The second-order valence-corrected chi connectivity index (χ2v) is 7.61. The summed E-state index contributed by atoms with van der Waals surface area (Å²) in [4.78, 5) is 38.1. The highest BCUT2D eigenvalue weighted by Crippen LogP contribution is 2.33. The molecule has 3 rings (SSSR count). The molecule has 29 heavy (non-hydrogen) atoms. The van der Waals surface area contributed by atoms with Crippen LogP contribution in [0.1, 0.15) is 13.3 Å². The van der Waals surface area contributed by atoms with E-state index in [-0.39, 0.29) is 11.5 Å². The predicted octanol–water partition coefficient (Wildman–Crippen LogP) is 3.56. The van der Waals surface area contributed by atoms with Crippen LogP contribution in [0.3, 0.4) is 0 Å². The first-order chi connectivity index (χ1) is 14.0. The number of thioether (sulfide) groups is 1. The number of carbonyl (C=O) groups is 3. The first-order valence-corrected chi connectivity index (χ1v) is 10.2. The van der Waals surface area contributed by atoms with Gasteiger partial charge in [-0.05, 0) is 67.3 Å². The highest BCUT2D eigenvalue weighted by Gasteiger charge is 2.41. The van der Waals surface area contributed by atoms with Crippen molar-refractivity contribution in [2.75, 3.05) is 16.8 Å². The zero-order valence-electron chi connectivity index (χ0n) is 15.6. The van der Waals surface area contributed by atoms with E-state index in [1.165, 1.54) is 0 Å². The van der Waals surface area contributed by atoms with Gasteiger partial charge in [0.15, 0.2) is 5.11 Å². The normalized spacial score (nSPS) is 15.9. The van der Waals surface area contributed by atoms with Gasteiger partial charge in [0.25, 0.3) is 5.24 Å². The lowest BCUT2D eigenvalue weighted by Crippen LogP contribution is -2.38. The number of nitrogens with zero attached hydrogens (tertiary/aromatic N) is 1. The van der Waals surface area contributed by atoms with Crippen molar-refractivity contribution < 1.29 is 19.1 Å². The van der Waals surface area contributed by atoms with Crippen LogP contribution in [-0.4, -0.2) is 34.0 Å². The summed E-state index contributed by atoms with van der Waals surface area (Å²) in [6, 6.07) is 15.7. The van der Waals surface area contributed by atoms with E-state index < -0.39 is 22.3 Å². The highest BCUT2D eigenvalue weighted by molar-refractivity contribution is 8.15. The first-order valence-electron chi connectivity index (χ1n) is 8.91. The summed E-state index contributed by atoms with van der Waals surface area (Å²) in [5, 5.41) is 4.37. The Labute approximate surface area is 177 Å². The molecule has 0 bridgehead atoms. The van der Waals surface area contributed by atoms with Gasteiger partial charge in [-0.1, -0.05) is 18.2 Å². The molecule has 1 saturated heterocycles. The number of para-hydroxylation sites is 1. The summed E-state index contributed by atoms with van der Waals surface area (Å²) in [6.07, 6.45) is -0.149. The lowest BCUT2D eigenvalue weighted by atomic mass is 10.2. The summed E-state index contributed by atoms with van der Waals surface area (Å²) in [5.41, 5.74) is 1.18. The van der Waals surface area contributed by atoms with Crippen LogP contribution >= 0.6 is 24.0 Å². The topological polar surface area (TPSA) is 87.7 Å². The third-order valence-electron chi connectivity index (χ3n) is 3.98. The number of imide groups is 1. The van der Waals surface area contributed by atoms with Crippen molar-refractivity contribution in [3.63, 3.8) is 0 Å².